The Hall–Kier alpha value is -4.05. The van der Waals surface area contributed by atoms with Gasteiger partial charge in [-0.3, -0.25) is 19.3 Å². The minimum Gasteiger partial charge on any atom is -0.383 e. The molecule has 192 valence electrons. The number of aryl methyl sites for hydroxylation is 1. The van der Waals surface area contributed by atoms with E-state index < -0.39 is 0 Å². The van der Waals surface area contributed by atoms with Crippen LogP contribution in [0.3, 0.4) is 0 Å². The summed E-state index contributed by atoms with van der Waals surface area (Å²) in [6, 6.07) is 11.4. The quantitative estimate of drug-likeness (QED) is 0.349. The van der Waals surface area contributed by atoms with Crippen molar-refractivity contribution >= 4 is 61.0 Å². The van der Waals surface area contributed by atoms with Crippen molar-refractivity contribution in [3.63, 3.8) is 0 Å². The van der Waals surface area contributed by atoms with Crippen LogP contribution in [0.1, 0.15) is 35.2 Å². The Bertz CT molecular complexity index is 1750. The summed E-state index contributed by atoms with van der Waals surface area (Å²) in [5.74, 6) is 1.26. The molecule has 3 aromatic heterocycles. The number of nitrogens with zero attached hydrogens (tertiary/aromatic N) is 6. The lowest BCUT2D eigenvalue weighted by molar-refractivity contribution is -0.148. The van der Waals surface area contributed by atoms with Crippen molar-refractivity contribution in [1.29, 1.82) is 0 Å². The predicted molar refractivity (Wildman–Crippen MR) is 147 cm³/mol. The van der Waals surface area contributed by atoms with Crippen molar-refractivity contribution in [1.82, 2.24) is 29.8 Å². The van der Waals surface area contributed by atoms with Crippen molar-refractivity contribution in [3.05, 3.63) is 59.2 Å². The zero-order chi connectivity index (χ0) is 26.1. The summed E-state index contributed by atoms with van der Waals surface area (Å²) in [5.41, 5.74) is 11.8. The van der Waals surface area contributed by atoms with E-state index in [1.165, 1.54) is 0 Å². The first-order chi connectivity index (χ1) is 18.4. The predicted octanol–water partition coefficient (Wildman–Crippen LogP) is 4.38. The minimum absolute atomic E-state index is 0.0119. The lowest BCUT2D eigenvalue weighted by Gasteiger charge is -2.35. The fraction of sp³-hybridized carbons (Fsp3) is 0.321. The van der Waals surface area contributed by atoms with E-state index in [2.05, 4.69) is 15.1 Å². The highest BCUT2D eigenvalue weighted by Crippen LogP contribution is 2.53. The van der Waals surface area contributed by atoms with Crippen molar-refractivity contribution in [2.75, 3.05) is 12.8 Å². The van der Waals surface area contributed by atoms with Crippen LogP contribution in [0.15, 0.2) is 48.1 Å². The number of fused-ring (bicyclic) bond motifs is 5. The molecule has 3 aliphatic carbocycles. The van der Waals surface area contributed by atoms with Gasteiger partial charge in [0.25, 0.3) is 5.91 Å². The lowest BCUT2D eigenvalue weighted by Crippen LogP contribution is -2.49. The van der Waals surface area contributed by atoms with Crippen LogP contribution in [0.25, 0.3) is 32.0 Å². The summed E-state index contributed by atoms with van der Waals surface area (Å²) < 4.78 is 2.79. The molecule has 1 atom stereocenters. The van der Waals surface area contributed by atoms with Crippen molar-refractivity contribution in [2.24, 2.45) is 24.8 Å². The molecular formula is C28H27N7O2S. The largest absolute Gasteiger partial charge is 0.383 e. The molecule has 3 fully saturated rings. The number of thiazole rings is 1. The van der Waals surface area contributed by atoms with Gasteiger partial charge in [-0.1, -0.05) is 6.07 Å². The molecule has 5 aromatic rings. The molecule has 10 heteroatoms. The molecule has 0 aliphatic heterocycles. The van der Waals surface area contributed by atoms with Gasteiger partial charge in [-0.2, -0.15) is 5.10 Å². The summed E-state index contributed by atoms with van der Waals surface area (Å²) in [6.45, 7) is 0.273. The summed E-state index contributed by atoms with van der Waals surface area (Å²) >= 11 is 1.56. The van der Waals surface area contributed by atoms with Crippen LogP contribution in [0.4, 0.5) is 5.82 Å². The molecular weight excluding hydrogens is 498 g/mol. The lowest BCUT2D eigenvalue weighted by atomic mass is 9.82. The molecule has 3 saturated carbocycles. The van der Waals surface area contributed by atoms with Gasteiger partial charge >= 0.3 is 0 Å². The summed E-state index contributed by atoms with van der Waals surface area (Å²) in [4.78, 5) is 36.7. The number of amides is 2. The molecule has 0 saturated heterocycles. The highest BCUT2D eigenvalue weighted by atomic mass is 32.1. The molecule has 0 radical (unpaired) electrons. The summed E-state index contributed by atoms with van der Waals surface area (Å²) in [7, 11) is 3.57. The molecule has 0 spiro atoms. The first-order valence-corrected chi connectivity index (χ1v) is 13.7. The van der Waals surface area contributed by atoms with Crippen molar-refractivity contribution in [3.8, 4) is 0 Å². The number of rotatable bonds is 4. The smallest absolute Gasteiger partial charge is 0.272 e. The maximum absolute atomic E-state index is 14.1. The van der Waals surface area contributed by atoms with Crippen LogP contribution < -0.4 is 5.73 Å². The number of aromatic nitrogens is 4. The molecule has 9 nitrogen and oxygen atoms in total. The third-order valence-corrected chi connectivity index (χ3v) is 9.14. The van der Waals surface area contributed by atoms with Gasteiger partial charge in [0.1, 0.15) is 5.82 Å². The fourth-order valence-corrected chi connectivity index (χ4v) is 6.99. The number of pyridine rings is 1. The van der Waals surface area contributed by atoms with Gasteiger partial charge in [0.05, 0.1) is 44.9 Å². The van der Waals surface area contributed by atoms with E-state index in [1.807, 2.05) is 36.8 Å². The van der Waals surface area contributed by atoms with Crippen LogP contribution in [0.5, 0.6) is 0 Å². The zero-order valence-electron chi connectivity index (χ0n) is 21.2. The molecule has 2 N–H and O–H groups in total. The van der Waals surface area contributed by atoms with Crippen LogP contribution in [0.2, 0.25) is 0 Å². The average molecular weight is 526 g/mol. The maximum atomic E-state index is 14.1. The molecule has 0 unspecified atom stereocenters. The fourth-order valence-electron chi connectivity index (χ4n) is 6.25. The molecule has 2 aromatic carbocycles. The van der Waals surface area contributed by atoms with E-state index in [0.29, 0.717) is 28.7 Å². The van der Waals surface area contributed by atoms with Gasteiger partial charge in [0.15, 0.2) is 0 Å². The normalized spacial score (nSPS) is 20.2. The second kappa shape index (κ2) is 8.49. The van der Waals surface area contributed by atoms with Crippen LogP contribution in [-0.2, 0) is 18.4 Å². The monoisotopic (exact) mass is 525 g/mol. The number of nitrogen functional groups attached to an aromatic ring is 1. The van der Waals surface area contributed by atoms with Gasteiger partial charge < -0.3 is 5.73 Å². The number of nitrogens with two attached hydrogens (primary N) is 1. The van der Waals surface area contributed by atoms with Gasteiger partial charge in [0, 0.05) is 31.0 Å². The SMILES string of the molecule is CN(C(=O)[C@@H]1CC2CC1C2)N(Cc1ccc2ncsc2c1)C(=O)c1ccc2nc(N)c3cnn(C)c3c2c1. The van der Waals surface area contributed by atoms with Gasteiger partial charge in [-0.15, -0.1) is 11.3 Å². The van der Waals surface area contributed by atoms with E-state index in [-0.39, 0.29) is 24.3 Å². The molecule has 3 heterocycles. The highest BCUT2D eigenvalue weighted by Gasteiger charge is 2.49. The van der Waals surface area contributed by atoms with Gasteiger partial charge in [-0.25, -0.2) is 15.0 Å². The minimum atomic E-state index is -0.246. The van der Waals surface area contributed by atoms with Crippen LogP contribution >= 0.6 is 11.3 Å². The Balaban J connectivity index is 1.29. The Morgan fingerprint density at radius 3 is 2.71 bits per heavy atom. The second-order valence-electron chi connectivity index (χ2n) is 10.6. The number of hydrogen-bond acceptors (Lipinski definition) is 7. The number of carbonyl (C=O) groups excluding carboxylic acids is 2. The molecule has 2 amide bonds. The van der Waals surface area contributed by atoms with Gasteiger partial charge in [0.2, 0.25) is 5.91 Å². The number of carbonyl (C=O) groups is 2. The Morgan fingerprint density at radius 2 is 1.92 bits per heavy atom. The molecule has 2 bridgehead atoms. The Kier molecular flexibility index (Phi) is 5.16. The van der Waals surface area contributed by atoms with Crippen LogP contribution in [-0.4, -0.2) is 48.6 Å². The Morgan fingerprint density at radius 1 is 1.11 bits per heavy atom. The van der Waals surface area contributed by atoms with E-state index in [0.717, 1.165) is 51.3 Å². The number of benzene rings is 2. The topological polar surface area (TPSA) is 110 Å². The zero-order valence-corrected chi connectivity index (χ0v) is 22.0. The number of hydrazine groups is 1. The van der Waals surface area contributed by atoms with Crippen molar-refractivity contribution in [2.45, 2.75) is 25.8 Å². The summed E-state index contributed by atoms with van der Waals surface area (Å²) in [5, 5.41) is 9.00. The number of anilines is 1. The van der Waals surface area contributed by atoms with E-state index >= 15 is 0 Å². The average Bonchev–Trinajstić information content (AvgIpc) is 3.69. The van der Waals surface area contributed by atoms with Gasteiger partial charge in [-0.05, 0) is 67.0 Å². The first-order valence-electron chi connectivity index (χ1n) is 12.8. The number of hydrogen-bond donors (Lipinski definition) is 1. The molecule has 8 rings (SSSR count). The second-order valence-corrected chi connectivity index (χ2v) is 11.5. The van der Waals surface area contributed by atoms with E-state index in [1.54, 1.807) is 51.4 Å². The highest BCUT2D eigenvalue weighted by molar-refractivity contribution is 7.16. The summed E-state index contributed by atoms with van der Waals surface area (Å²) in [6.07, 6.45) is 4.86. The Labute approximate surface area is 222 Å². The van der Waals surface area contributed by atoms with Crippen LogP contribution in [0, 0.1) is 17.8 Å². The standard InChI is InChI=1S/C28H27N7O2S/c1-33-25-20-11-17(4-6-22(20)32-26(29)21(25)12-31-33)27(36)35(13-15-3-5-23-24(10-15)38-14-30-23)34(2)28(37)19-9-16-7-18(19)8-16/h3-6,10-12,14,16,18-19H,7-9,13H2,1-2H3,(H2,29,32)/t16?,18?,19-/m1/s1. The van der Waals surface area contributed by atoms with E-state index in [9.17, 15) is 9.59 Å². The first kappa shape index (κ1) is 23.1. The molecule has 3 aliphatic rings. The third kappa shape index (κ3) is 3.54. The van der Waals surface area contributed by atoms with Crippen molar-refractivity contribution < 1.29 is 9.59 Å². The molecule has 38 heavy (non-hydrogen) atoms. The van der Waals surface area contributed by atoms with E-state index in [4.69, 9.17) is 5.73 Å². The third-order valence-electron chi connectivity index (χ3n) is 8.34. The maximum Gasteiger partial charge on any atom is 0.272 e.